The van der Waals surface area contributed by atoms with Crippen LogP contribution in [0.25, 0.3) is 28.1 Å². The number of fused-ring (bicyclic) bond motifs is 1. The molecule has 2 saturated heterocycles. The van der Waals surface area contributed by atoms with Crippen molar-refractivity contribution in [2.75, 3.05) is 56.6 Å². The van der Waals surface area contributed by atoms with Crippen LogP contribution < -0.4 is 9.80 Å². The van der Waals surface area contributed by atoms with Crippen LogP contribution in [0, 0.1) is 23.0 Å². The number of aromatic hydroxyl groups is 1. The number of nitrogens with zero attached hydrogens (tertiary/aromatic N) is 8. The van der Waals surface area contributed by atoms with Crippen LogP contribution >= 0.6 is 11.6 Å². The van der Waals surface area contributed by atoms with E-state index in [0.29, 0.717) is 49.0 Å². The maximum Gasteiger partial charge on any atom is 0.264 e. The summed E-state index contributed by atoms with van der Waals surface area (Å²) in [6, 6.07) is 12.4. The number of nitriles is 1. The number of phenolic OH excluding ortho intramolecular Hbond substituents is 1. The molecule has 13 heteroatoms. The summed E-state index contributed by atoms with van der Waals surface area (Å²) in [6.45, 7) is 4.06. The molecule has 6 rings (SSSR count). The Morgan fingerprint density at radius 2 is 1.87 bits per heavy atom. The fraction of sp³-hybridized carbons (Fsp3) is 0.303. The van der Waals surface area contributed by atoms with Crippen molar-refractivity contribution in [1.29, 1.82) is 5.26 Å². The van der Waals surface area contributed by atoms with Crippen LogP contribution in [0.5, 0.6) is 5.75 Å². The molecule has 1 N–H and O–H groups in total. The molecule has 1 unspecified atom stereocenters. The number of halogens is 3. The Kier molecular flexibility index (Phi) is 8.46. The fourth-order valence-corrected chi connectivity index (χ4v) is 6.13. The van der Waals surface area contributed by atoms with Gasteiger partial charge in [-0.15, -0.1) is 0 Å². The van der Waals surface area contributed by atoms with Crippen LogP contribution in [-0.2, 0) is 4.79 Å². The van der Waals surface area contributed by atoms with E-state index in [4.69, 9.17) is 16.6 Å². The van der Waals surface area contributed by atoms with Crippen LogP contribution in [0.3, 0.4) is 0 Å². The molecule has 2 aromatic heterocycles. The summed E-state index contributed by atoms with van der Waals surface area (Å²) in [5, 5.41) is 20.4. The molecule has 1 atom stereocenters. The van der Waals surface area contributed by atoms with Crippen molar-refractivity contribution in [3.05, 3.63) is 76.6 Å². The van der Waals surface area contributed by atoms with Gasteiger partial charge in [0.15, 0.2) is 5.82 Å². The lowest BCUT2D eigenvalue weighted by Crippen LogP contribution is -2.58. The molecule has 0 spiro atoms. The number of phenols is 1. The Hall–Kier alpha value is -4.86. The zero-order valence-electron chi connectivity index (χ0n) is 25.5. The van der Waals surface area contributed by atoms with Gasteiger partial charge in [0.05, 0.1) is 16.3 Å². The number of aromatic nitrogens is 3. The van der Waals surface area contributed by atoms with Crippen molar-refractivity contribution < 1.29 is 18.7 Å². The number of amides is 1. The topological polar surface area (TPSA) is 113 Å². The minimum atomic E-state index is -0.877. The molecular weight excluding hydrogens is 614 g/mol. The van der Waals surface area contributed by atoms with E-state index in [1.807, 2.05) is 36.9 Å². The Morgan fingerprint density at radius 3 is 2.52 bits per heavy atom. The van der Waals surface area contributed by atoms with E-state index < -0.39 is 23.3 Å². The van der Waals surface area contributed by atoms with E-state index in [2.05, 4.69) is 14.9 Å². The van der Waals surface area contributed by atoms with Crippen LogP contribution in [0.4, 0.5) is 20.5 Å². The molecule has 0 aliphatic carbocycles. The molecule has 4 heterocycles. The number of likely N-dealkylation sites (N-methyl/N-ethyl adjacent to an activating group) is 1. The maximum absolute atomic E-state index is 16.5. The number of pyridine rings is 1. The SMILES string of the molecule is CC1CN(c2nc(N3CC(N(C)C)C3)nc3c(F)c(-c4c(O)cccc4F)c(Cl)cc23)CCN1C(=O)/C(C#N)=C/c1ccccn1. The van der Waals surface area contributed by atoms with Gasteiger partial charge in [-0.05, 0) is 57.4 Å². The van der Waals surface area contributed by atoms with Gasteiger partial charge in [0.25, 0.3) is 5.91 Å². The Bertz CT molecular complexity index is 1870. The van der Waals surface area contributed by atoms with E-state index in [9.17, 15) is 19.6 Å². The predicted octanol–water partition coefficient (Wildman–Crippen LogP) is 4.72. The van der Waals surface area contributed by atoms with E-state index >= 15 is 4.39 Å². The largest absolute Gasteiger partial charge is 0.507 e. The average molecular weight is 645 g/mol. The Morgan fingerprint density at radius 1 is 1.09 bits per heavy atom. The first-order valence-electron chi connectivity index (χ1n) is 14.7. The number of rotatable bonds is 6. The van der Waals surface area contributed by atoms with Crippen LogP contribution in [0.2, 0.25) is 5.02 Å². The van der Waals surface area contributed by atoms with Gasteiger partial charge in [0, 0.05) is 62.0 Å². The molecule has 2 aliphatic rings. The number of piperazine rings is 1. The van der Waals surface area contributed by atoms with Crippen LogP contribution in [0.1, 0.15) is 12.6 Å². The molecule has 4 aromatic rings. The molecule has 0 bridgehead atoms. The standard InChI is InChI=1S/C33H31ClF2N8O2/c1-19-16-42(11-12-44(19)32(46)20(15-37)13-21-7-4-5-10-38-21)31-23-14-24(34)27(28-25(35)8-6-9-26(28)45)29(36)30(23)39-33(40-31)43-17-22(18-43)41(2)3/h4-10,13-14,19,22,45H,11-12,16-18H2,1-3H3/b20-13+. The summed E-state index contributed by atoms with van der Waals surface area (Å²) >= 11 is 6.60. The lowest BCUT2D eigenvalue weighted by Gasteiger charge is -2.43. The lowest BCUT2D eigenvalue weighted by molar-refractivity contribution is -0.128. The molecule has 2 fully saturated rings. The van der Waals surface area contributed by atoms with E-state index in [1.165, 1.54) is 24.3 Å². The van der Waals surface area contributed by atoms with Gasteiger partial charge >= 0.3 is 0 Å². The summed E-state index contributed by atoms with van der Waals surface area (Å²) in [5.74, 6) is -1.84. The van der Waals surface area contributed by atoms with Crippen LogP contribution in [0.15, 0.2) is 54.2 Å². The Labute approximate surface area is 269 Å². The predicted molar refractivity (Wildman–Crippen MR) is 172 cm³/mol. The van der Waals surface area contributed by atoms with E-state index in [1.54, 1.807) is 29.3 Å². The van der Waals surface area contributed by atoms with E-state index in [0.717, 1.165) is 6.07 Å². The highest BCUT2D eigenvalue weighted by molar-refractivity contribution is 6.34. The zero-order chi connectivity index (χ0) is 32.7. The summed E-state index contributed by atoms with van der Waals surface area (Å²) in [7, 11) is 3.96. The molecular formula is C33H31ClF2N8O2. The van der Waals surface area contributed by atoms with Crippen molar-refractivity contribution in [2.45, 2.75) is 19.0 Å². The normalized spacial score (nSPS) is 17.4. The van der Waals surface area contributed by atoms with Gasteiger partial charge in [-0.2, -0.15) is 10.2 Å². The summed E-state index contributed by atoms with van der Waals surface area (Å²) in [4.78, 5) is 34.7. The van der Waals surface area contributed by atoms with Gasteiger partial charge in [-0.3, -0.25) is 9.78 Å². The minimum absolute atomic E-state index is 0.0280. The Balaban J connectivity index is 1.38. The minimum Gasteiger partial charge on any atom is -0.507 e. The van der Waals surface area contributed by atoms with Crippen molar-refractivity contribution in [3.8, 4) is 22.9 Å². The first kappa shape index (κ1) is 31.1. The first-order chi connectivity index (χ1) is 22.1. The smallest absolute Gasteiger partial charge is 0.264 e. The molecule has 2 aromatic carbocycles. The third-order valence-electron chi connectivity index (χ3n) is 8.49. The molecule has 1 amide bonds. The fourth-order valence-electron chi connectivity index (χ4n) is 5.84. The molecule has 236 valence electrons. The van der Waals surface area contributed by atoms with Gasteiger partial charge in [0.2, 0.25) is 5.95 Å². The first-order valence-corrected chi connectivity index (χ1v) is 15.1. The van der Waals surface area contributed by atoms with Crippen molar-refractivity contribution in [2.24, 2.45) is 0 Å². The van der Waals surface area contributed by atoms with Gasteiger partial charge in [-0.25, -0.2) is 13.8 Å². The number of hydrogen-bond acceptors (Lipinski definition) is 9. The van der Waals surface area contributed by atoms with Crippen molar-refractivity contribution in [1.82, 2.24) is 24.8 Å². The highest BCUT2D eigenvalue weighted by Crippen LogP contribution is 2.43. The number of anilines is 2. The van der Waals surface area contributed by atoms with Gasteiger partial charge in [0.1, 0.15) is 34.5 Å². The lowest BCUT2D eigenvalue weighted by atomic mass is 10.0. The van der Waals surface area contributed by atoms with Crippen molar-refractivity contribution >= 4 is 46.3 Å². The third kappa shape index (κ3) is 5.68. The van der Waals surface area contributed by atoms with Crippen LogP contribution in [-0.4, -0.2) is 94.7 Å². The second-order valence-electron chi connectivity index (χ2n) is 11.7. The molecule has 0 radical (unpaired) electrons. The summed E-state index contributed by atoms with van der Waals surface area (Å²) in [6.07, 6.45) is 3.06. The van der Waals surface area contributed by atoms with Crippen molar-refractivity contribution in [3.63, 3.8) is 0 Å². The average Bonchev–Trinajstić information content (AvgIpc) is 3.00. The quantitative estimate of drug-likeness (QED) is 0.235. The highest BCUT2D eigenvalue weighted by atomic mass is 35.5. The molecule has 10 nitrogen and oxygen atoms in total. The summed E-state index contributed by atoms with van der Waals surface area (Å²) < 4.78 is 31.4. The second kappa shape index (κ2) is 12.5. The number of carbonyl (C=O) groups excluding carboxylic acids is 1. The van der Waals surface area contributed by atoms with E-state index in [-0.39, 0.29) is 45.9 Å². The number of carbonyl (C=O) groups is 1. The monoisotopic (exact) mass is 644 g/mol. The zero-order valence-corrected chi connectivity index (χ0v) is 26.2. The van der Waals surface area contributed by atoms with Gasteiger partial charge in [-0.1, -0.05) is 23.7 Å². The number of hydrogen-bond donors (Lipinski definition) is 1. The highest BCUT2D eigenvalue weighted by Gasteiger charge is 2.35. The van der Waals surface area contributed by atoms with Gasteiger partial charge < -0.3 is 24.7 Å². The second-order valence-corrected chi connectivity index (χ2v) is 12.1. The maximum atomic E-state index is 16.5. The molecule has 46 heavy (non-hydrogen) atoms. The third-order valence-corrected chi connectivity index (χ3v) is 8.78. The number of benzene rings is 2. The molecule has 0 saturated carbocycles. The summed E-state index contributed by atoms with van der Waals surface area (Å²) in [5.41, 5.74) is -0.227. The molecule has 2 aliphatic heterocycles.